The molecule has 0 radical (unpaired) electrons. The van der Waals surface area contributed by atoms with Gasteiger partial charge in [-0.1, -0.05) is 36.4 Å². The minimum absolute atomic E-state index is 0.0922. The average Bonchev–Trinajstić information content (AvgIpc) is 3.22. The van der Waals surface area contributed by atoms with Crippen LogP contribution in [0.25, 0.3) is 10.9 Å². The van der Waals surface area contributed by atoms with Crippen molar-refractivity contribution in [3.63, 3.8) is 0 Å². The molecule has 3 N–H and O–H groups in total. The van der Waals surface area contributed by atoms with E-state index in [1.54, 1.807) is 42.5 Å². The number of aromatic hydroxyl groups is 1. The Labute approximate surface area is 214 Å². The van der Waals surface area contributed by atoms with Gasteiger partial charge in [-0.05, 0) is 44.4 Å². The second-order valence-corrected chi connectivity index (χ2v) is 8.55. The zero-order valence-electron chi connectivity index (χ0n) is 20.8. The first kappa shape index (κ1) is 25.5. The SMILES string of the molecule is COC(=O)Oc1ccc2c(C(=Nc3cccc(C(=O)NCCN(C)C)c3)c3ccccc3)c(O)[nH]c2c1. The van der Waals surface area contributed by atoms with Gasteiger partial charge in [0, 0.05) is 35.7 Å². The molecule has 37 heavy (non-hydrogen) atoms. The molecule has 9 heteroatoms. The molecule has 0 spiro atoms. The van der Waals surface area contributed by atoms with Gasteiger partial charge in [0.1, 0.15) is 5.75 Å². The molecular formula is C28H28N4O5. The third-order valence-electron chi connectivity index (χ3n) is 5.60. The standard InChI is InChI=1S/C28H28N4O5/c1-32(2)15-14-29-26(33)19-10-7-11-20(16-19)30-25(18-8-5-4-6-9-18)24-22-13-12-21(37-28(35)36-3)17-23(22)31-27(24)34/h4-13,16-17,31,34H,14-15H2,1-3H3,(H,29,33). The van der Waals surface area contributed by atoms with E-state index >= 15 is 0 Å². The van der Waals surface area contributed by atoms with Gasteiger partial charge in [-0.15, -0.1) is 0 Å². The zero-order valence-corrected chi connectivity index (χ0v) is 20.8. The number of rotatable bonds is 8. The summed E-state index contributed by atoms with van der Waals surface area (Å²) in [4.78, 5) is 33.9. The van der Waals surface area contributed by atoms with Gasteiger partial charge >= 0.3 is 6.16 Å². The van der Waals surface area contributed by atoms with Gasteiger partial charge in [0.2, 0.25) is 0 Å². The van der Waals surface area contributed by atoms with Crippen LogP contribution in [0, 0.1) is 0 Å². The number of benzene rings is 3. The molecule has 0 atom stereocenters. The molecule has 4 rings (SSSR count). The van der Waals surface area contributed by atoms with E-state index in [1.807, 2.05) is 49.3 Å². The van der Waals surface area contributed by atoms with Crippen LogP contribution in [-0.2, 0) is 4.74 Å². The number of H-pyrrole nitrogens is 1. The molecule has 0 aliphatic carbocycles. The number of nitrogens with zero attached hydrogens (tertiary/aromatic N) is 2. The third-order valence-corrected chi connectivity index (χ3v) is 5.60. The Morgan fingerprint density at radius 1 is 1.00 bits per heavy atom. The predicted octanol–water partition coefficient (Wildman–Crippen LogP) is 4.48. The topological polar surface area (TPSA) is 116 Å². The Morgan fingerprint density at radius 2 is 1.76 bits per heavy atom. The number of aromatic nitrogens is 1. The Balaban J connectivity index is 1.75. The van der Waals surface area contributed by atoms with Crippen LogP contribution in [0.5, 0.6) is 11.6 Å². The van der Waals surface area contributed by atoms with Crippen LogP contribution in [0.3, 0.4) is 0 Å². The summed E-state index contributed by atoms with van der Waals surface area (Å²) in [5.74, 6) is -0.0167. The lowest BCUT2D eigenvalue weighted by Gasteiger charge is -2.11. The highest BCUT2D eigenvalue weighted by Crippen LogP contribution is 2.33. The first-order valence-electron chi connectivity index (χ1n) is 11.6. The summed E-state index contributed by atoms with van der Waals surface area (Å²) in [6.07, 6.45) is -0.840. The monoisotopic (exact) mass is 500 g/mol. The molecule has 4 aromatic rings. The number of carbonyl (C=O) groups is 2. The normalized spacial score (nSPS) is 11.5. The van der Waals surface area contributed by atoms with Crippen LogP contribution in [0.4, 0.5) is 10.5 Å². The molecule has 0 saturated carbocycles. The lowest BCUT2D eigenvalue weighted by atomic mass is 10.0. The highest BCUT2D eigenvalue weighted by atomic mass is 16.7. The van der Waals surface area contributed by atoms with E-state index in [0.29, 0.717) is 40.0 Å². The molecule has 0 saturated heterocycles. The van der Waals surface area contributed by atoms with Gasteiger partial charge in [0.25, 0.3) is 5.91 Å². The highest BCUT2D eigenvalue weighted by Gasteiger charge is 2.20. The maximum Gasteiger partial charge on any atom is 0.513 e. The summed E-state index contributed by atoms with van der Waals surface area (Å²) in [5, 5.41) is 14.5. The highest BCUT2D eigenvalue weighted by molar-refractivity contribution is 6.22. The smallest absolute Gasteiger partial charge is 0.494 e. The van der Waals surface area contributed by atoms with Crippen LogP contribution in [-0.4, -0.2) is 67.1 Å². The minimum atomic E-state index is -0.840. The van der Waals surface area contributed by atoms with Crippen molar-refractivity contribution >= 4 is 34.4 Å². The summed E-state index contributed by atoms with van der Waals surface area (Å²) < 4.78 is 9.65. The van der Waals surface area contributed by atoms with E-state index < -0.39 is 6.16 Å². The van der Waals surface area contributed by atoms with Crippen LogP contribution in [0.15, 0.2) is 77.8 Å². The number of amides is 1. The lowest BCUT2D eigenvalue weighted by Crippen LogP contribution is -2.31. The van der Waals surface area contributed by atoms with Crippen molar-refractivity contribution < 1.29 is 24.2 Å². The summed E-state index contributed by atoms with van der Waals surface area (Å²) >= 11 is 0. The quantitative estimate of drug-likeness (QED) is 0.187. The van der Waals surface area contributed by atoms with E-state index in [0.717, 1.165) is 12.1 Å². The van der Waals surface area contributed by atoms with Crippen molar-refractivity contribution in [3.05, 3.63) is 89.5 Å². The Morgan fingerprint density at radius 3 is 2.49 bits per heavy atom. The molecular weight excluding hydrogens is 472 g/mol. The number of fused-ring (bicyclic) bond motifs is 1. The van der Waals surface area contributed by atoms with E-state index in [2.05, 4.69) is 15.0 Å². The van der Waals surface area contributed by atoms with Crippen molar-refractivity contribution in [1.29, 1.82) is 0 Å². The molecule has 0 unspecified atom stereocenters. The molecule has 9 nitrogen and oxygen atoms in total. The maximum absolute atomic E-state index is 12.7. The molecule has 0 bridgehead atoms. The van der Waals surface area contributed by atoms with Gasteiger partial charge in [-0.3, -0.25) is 4.79 Å². The second-order valence-electron chi connectivity index (χ2n) is 8.55. The minimum Gasteiger partial charge on any atom is -0.494 e. The van der Waals surface area contributed by atoms with Crippen molar-refractivity contribution in [2.45, 2.75) is 0 Å². The van der Waals surface area contributed by atoms with Gasteiger partial charge in [0.05, 0.1) is 29.6 Å². The van der Waals surface area contributed by atoms with Crippen LogP contribution in [0.2, 0.25) is 0 Å². The number of aliphatic imine (C=N–C) groups is 1. The third kappa shape index (κ3) is 6.14. The first-order valence-corrected chi connectivity index (χ1v) is 11.6. The van der Waals surface area contributed by atoms with E-state index in [4.69, 9.17) is 9.73 Å². The number of methoxy groups -OCH3 is 1. The lowest BCUT2D eigenvalue weighted by molar-refractivity contribution is 0.0950. The molecule has 1 heterocycles. The number of hydrogen-bond donors (Lipinski definition) is 3. The van der Waals surface area contributed by atoms with Crippen LogP contribution < -0.4 is 10.1 Å². The van der Waals surface area contributed by atoms with Crippen molar-refractivity contribution in [1.82, 2.24) is 15.2 Å². The fourth-order valence-corrected chi connectivity index (χ4v) is 3.81. The Hall–Kier alpha value is -4.63. The average molecular weight is 501 g/mol. The molecule has 190 valence electrons. The van der Waals surface area contributed by atoms with E-state index in [-0.39, 0.29) is 17.5 Å². The fourth-order valence-electron chi connectivity index (χ4n) is 3.81. The van der Waals surface area contributed by atoms with Gasteiger partial charge in [-0.2, -0.15) is 0 Å². The molecule has 0 fully saturated rings. The number of hydrogen-bond acceptors (Lipinski definition) is 7. The molecule has 0 aliphatic heterocycles. The number of ether oxygens (including phenoxy) is 2. The Bertz CT molecular complexity index is 1440. The van der Waals surface area contributed by atoms with Gasteiger partial charge in [0.15, 0.2) is 5.88 Å². The van der Waals surface area contributed by atoms with E-state index in [9.17, 15) is 14.7 Å². The van der Waals surface area contributed by atoms with Crippen LogP contribution in [0.1, 0.15) is 21.5 Å². The molecule has 0 aliphatic rings. The zero-order chi connectivity index (χ0) is 26.4. The summed E-state index contributed by atoms with van der Waals surface area (Å²) in [6.45, 7) is 1.26. The maximum atomic E-state index is 12.7. The van der Waals surface area contributed by atoms with Crippen molar-refractivity contribution in [2.75, 3.05) is 34.3 Å². The number of likely N-dealkylation sites (N-methyl/N-ethyl adjacent to an activating group) is 1. The van der Waals surface area contributed by atoms with Gasteiger partial charge < -0.3 is 29.8 Å². The van der Waals surface area contributed by atoms with E-state index in [1.165, 1.54) is 7.11 Å². The first-order chi connectivity index (χ1) is 17.9. The van der Waals surface area contributed by atoms with Crippen LogP contribution >= 0.6 is 0 Å². The summed E-state index contributed by atoms with van der Waals surface area (Å²) in [5.41, 5.74) is 3.35. The molecule has 1 aromatic heterocycles. The fraction of sp³-hybridized carbons (Fsp3) is 0.179. The number of nitrogens with one attached hydrogen (secondary N) is 2. The Kier molecular flexibility index (Phi) is 7.85. The second kappa shape index (κ2) is 11.4. The predicted molar refractivity (Wildman–Crippen MR) is 142 cm³/mol. The molecule has 3 aromatic carbocycles. The molecule has 1 amide bonds. The van der Waals surface area contributed by atoms with Gasteiger partial charge in [-0.25, -0.2) is 9.79 Å². The number of carbonyl (C=O) groups excluding carboxylic acids is 2. The number of aromatic amines is 1. The van der Waals surface area contributed by atoms with Crippen molar-refractivity contribution in [3.8, 4) is 11.6 Å². The largest absolute Gasteiger partial charge is 0.513 e. The van der Waals surface area contributed by atoms with Crippen molar-refractivity contribution in [2.24, 2.45) is 4.99 Å². The summed E-state index contributed by atoms with van der Waals surface area (Å²) in [6, 6.07) is 21.4. The summed E-state index contributed by atoms with van der Waals surface area (Å²) in [7, 11) is 5.11.